The van der Waals surface area contributed by atoms with Gasteiger partial charge in [-0.05, 0) is 33.0 Å². The SMILES string of the molecule is C[C@@H]1CN(c2ccc(S(=O)(=O)N3CCN(C)CC3)cc2[N+](=O)[O-])C[C@H](C)O1. The summed E-state index contributed by atoms with van der Waals surface area (Å²) >= 11 is 0. The van der Waals surface area contributed by atoms with Gasteiger partial charge in [-0.3, -0.25) is 10.1 Å². The molecule has 2 fully saturated rings. The molecule has 0 spiro atoms. The van der Waals surface area contributed by atoms with E-state index >= 15 is 0 Å². The molecule has 1 aromatic rings. The molecule has 2 aliphatic rings. The Bertz CT molecular complexity index is 798. The fourth-order valence-electron chi connectivity index (χ4n) is 3.63. The number of nitro benzene ring substituents is 1. The van der Waals surface area contributed by atoms with Crippen molar-refractivity contribution in [3.8, 4) is 0 Å². The van der Waals surface area contributed by atoms with Gasteiger partial charge in [0.2, 0.25) is 10.0 Å². The van der Waals surface area contributed by atoms with Crippen LogP contribution in [0, 0.1) is 10.1 Å². The predicted octanol–water partition coefficient (Wildman–Crippen LogP) is 1.14. The zero-order valence-corrected chi connectivity index (χ0v) is 16.7. The van der Waals surface area contributed by atoms with Crippen molar-refractivity contribution in [3.63, 3.8) is 0 Å². The number of benzene rings is 1. The molecule has 2 saturated heterocycles. The smallest absolute Gasteiger partial charge is 0.293 e. The van der Waals surface area contributed by atoms with E-state index < -0.39 is 14.9 Å². The van der Waals surface area contributed by atoms with Crippen molar-refractivity contribution in [2.24, 2.45) is 0 Å². The van der Waals surface area contributed by atoms with E-state index in [2.05, 4.69) is 4.90 Å². The molecule has 2 atom stereocenters. The second-order valence-electron chi connectivity index (χ2n) is 7.28. The van der Waals surface area contributed by atoms with Crippen molar-refractivity contribution in [2.75, 3.05) is 51.2 Å². The number of anilines is 1. The first-order valence-corrected chi connectivity index (χ1v) is 10.5. The van der Waals surface area contributed by atoms with Crippen LogP contribution in [-0.2, 0) is 14.8 Å². The molecular formula is C17H26N4O5S. The highest BCUT2D eigenvalue weighted by Crippen LogP contribution is 2.33. The van der Waals surface area contributed by atoms with Crippen molar-refractivity contribution in [2.45, 2.75) is 31.0 Å². The molecule has 0 amide bonds. The van der Waals surface area contributed by atoms with Gasteiger partial charge >= 0.3 is 0 Å². The van der Waals surface area contributed by atoms with Crippen LogP contribution in [0.1, 0.15) is 13.8 Å². The molecular weight excluding hydrogens is 372 g/mol. The average molecular weight is 398 g/mol. The third kappa shape index (κ3) is 4.23. The van der Waals surface area contributed by atoms with Gasteiger partial charge in [0.1, 0.15) is 5.69 Å². The first kappa shape index (κ1) is 20.0. The van der Waals surface area contributed by atoms with Gasteiger partial charge in [-0.25, -0.2) is 8.42 Å². The molecule has 2 aliphatic heterocycles. The van der Waals surface area contributed by atoms with Crippen LogP contribution in [0.25, 0.3) is 0 Å². The van der Waals surface area contributed by atoms with Crippen LogP contribution in [0.15, 0.2) is 23.1 Å². The number of piperazine rings is 1. The number of morpholine rings is 1. The number of hydrogen-bond acceptors (Lipinski definition) is 7. The number of nitro groups is 1. The highest BCUT2D eigenvalue weighted by molar-refractivity contribution is 7.89. The van der Waals surface area contributed by atoms with Gasteiger partial charge in [0, 0.05) is 45.3 Å². The van der Waals surface area contributed by atoms with Crippen LogP contribution in [0.3, 0.4) is 0 Å². The number of sulfonamides is 1. The normalized spacial score (nSPS) is 25.5. The van der Waals surface area contributed by atoms with Crippen molar-refractivity contribution in [1.29, 1.82) is 0 Å². The molecule has 150 valence electrons. The van der Waals surface area contributed by atoms with Crippen molar-refractivity contribution < 1.29 is 18.1 Å². The van der Waals surface area contributed by atoms with Gasteiger partial charge in [0.15, 0.2) is 0 Å². The second-order valence-corrected chi connectivity index (χ2v) is 9.22. The summed E-state index contributed by atoms with van der Waals surface area (Å²) in [5, 5.41) is 11.7. The fraction of sp³-hybridized carbons (Fsp3) is 0.647. The molecule has 27 heavy (non-hydrogen) atoms. The maximum Gasteiger partial charge on any atom is 0.293 e. The van der Waals surface area contributed by atoms with Gasteiger partial charge in [0.25, 0.3) is 5.69 Å². The Hall–Kier alpha value is -1.75. The van der Waals surface area contributed by atoms with Gasteiger partial charge in [-0.15, -0.1) is 0 Å². The van der Waals surface area contributed by atoms with Crippen LogP contribution in [-0.4, -0.2) is 81.1 Å². The number of likely N-dealkylation sites (N-methyl/N-ethyl adjacent to an activating group) is 1. The van der Waals surface area contributed by atoms with E-state index in [0.717, 1.165) is 0 Å². The Balaban J connectivity index is 1.93. The molecule has 0 aliphatic carbocycles. The predicted molar refractivity (Wildman–Crippen MR) is 102 cm³/mol. The summed E-state index contributed by atoms with van der Waals surface area (Å²) in [7, 11) is -1.81. The fourth-order valence-corrected chi connectivity index (χ4v) is 5.07. The van der Waals surface area contributed by atoms with Gasteiger partial charge in [0.05, 0.1) is 22.0 Å². The lowest BCUT2D eigenvalue weighted by Crippen LogP contribution is -2.47. The minimum absolute atomic E-state index is 0.0307. The number of hydrogen-bond donors (Lipinski definition) is 0. The number of nitrogens with zero attached hydrogens (tertiary/aromatic N) is 4. The standard InChI is InChI=1S/C17H26N4O5S/c1-13-11-19(12-14(2)26-13)16-5-4-15(10-17(16)21(22)23)27(24,25)20-8-6-18(3)7-9-20/h4-5,10,13-14H,6-9,11-12H2,1-3H3/t13-,14+. The Morgan fingerprint density at radius 3 is 2.26 bits per heavy atom. The van der Waals surface area contributed by atoms with E-state index in [1.54, 1.807) is 6.07 Å². The summed E-state index contributed by atoms with van der Waals surface area (Å²) in [4.78, 5) is 15.1. The third-order valence-electron chi connectivity index (χ3n) is 5.00. The maximum absolute atomic E-state index is 12.9. The van der Waals surface area contributed by atoms with E-state index in [-0.39, 0.29) is 22.8 Å². The van der Waals surface area contributed by atoms with Gasteiger partial charge in [-0.1, -0.05) is 0 Å². The highest BCUT2D eigenvalue weighted by Gasteiger charge is 2.32. The summed E-state index contributed by atoms with van der Waals surface area (Å²) < 4.78 is 32.9. The first-order valence-electron chi connectivity index (χ1n) is 9.06. The quantitative estimate of drug-likeness (QED) is 0.554. The monoisotopic (exact) mass is 398 g/mol. The number of ether oxygens (including phenoxy) is 1. The van der Waals surface area contributed by atoms with E-state index in [1.165, 1.54) is 16.4 Å². The lowest BCUT2D eigenvalue weighted by Gasteiger charge is -2.36. The summed E-state index contributed by atoms with van der Waals surface area (Å²) in [6, 6.07) is 4.21. The molecule has 2 heterocycles. The summed E-state index contributed by atoms with van der Waals surface area (Å²) in [5.41, 5.74) is 0.242. The Morgan fingerprint density at radius 2 is 1.70 bits per heavy atom. The molecule has 3 rings (SSSR count). The molecule has 9 nitrogen and oxygen atoms in total. The minimum atomic E-state index is -3.75. The van der Waals surface area contributed by atoms with Crippen LogP contribution >= 0.6 is 0 Å². The zero-order chi connectivity index (χ0) is 19.8. The first-order chi connectivity index (χ1) is 12.7. The Kier molecular flexibility index (Phi) is 5.71. The maximum atomic E-state index is 12.9. The molecule has 0 aromatic heterocycles. The molecule has 0 saturated carbocycles. The zero-order valence-electron chi connectivity index (χ0n) is 15.9. The summed E-state index contributed by atoms with van der Waals surface area (Å²) in [6.07, 6.45) is -0.107. The van der Waals surface area contributed by atoms with E-state index in [1.807, 2.05) is 25.8 Å². The lowest BCUT2D eigenvalue weighted by atomic mass is 10.2. The van der Waals surface area contributed by atoms with Crippen molar-refractivity contribution in [3.05, 3.63) is 28.3 Å². The largest absolute Gasteiger partial charge is 0.372 e. The Morgan fingerprint density at radius 1 is 1.11 bits per heavy atom. The van der Waals surface area contributed by atoms with Crippen molar-refractivity contribution in [1.82, 2.24) is 9.21 Å². The van der Waals surface area contributed by atoms with E-state index in [9.17, 15) is 18.5 Å². The van der Waals surface area contributed by atoms with Gasteiger partial charge in [-0.2, -0.15) is 4.31 Å². The highest BCUT2D eigenvalue weighted by atomic mass is 32.2. The molecule has 0 radical (unpaired) electrons. The topological polar surface area (TPSA) is 96.2 Å². The Labute approximate surface area is 159 Å². The summed E-state index contributed by atoms with van der Waals surface area (Å²) in [5.74, 6) is 0. The van der Waals surface area contributed by atoms with Crippen LogP contribution in [0.4, 0.5) is 11.4 Å². The van der Waals surface area contributed by atoms with E-state index in [0.29, 0.717) is 45.0 Å². The summed E-state index contributed by atoms with van der Waals surface area (Å²) in [6.45, 7) is 6.93. The van der Waals surface area contributed by atoms with Gasteiger partial charge < -0.3 is 14.5 Å². The third-order valence-corrected chi connectivity index (χ3v) is 6.90. The van der Waals surface area contributed by atoms with Crippen LogP contribution < -0.4 is 4.90 Å². The van der Waals surface area contributed by atoms with E-state index in [4.69, 9.17) is 4.74 Å². The lowest BCUT2D eigenvalue weighted by molar-refractivity contribution is -0.384. The second kappa shape index (κ2) is 7.70. The van der Waals surface area contributed by atoms with Crippen LogP contribution in [0.2, 0.25) is 0 Å². The van der Waals surface area contributed by atoms with Crippen LogP contribution in [0.5, 0.6) is 0 Å². The molecule has 1 aromatic carbocycles. The molecule has 0 unspecified atom stereocenters. The molecule has 10 heteroatoms. The average Bonchev–Trinajstić information content (AvgIpc) is 2.60. The molecule has 0 bridgehead atoms. The molecule has 0 N–H and O–H groups in total. The minimum Gasteiger partial charge on any atom is -0.372 e. The van der Waals surface area contributed by atoms with Crippen molar-refractivity contribution >= 4 is 21.4 Å². The number of rotatable bonds is 4.